The lowest BCUT2D eigenvalue weighted by Crippen LogP contribution is -3.00. The fraction of sp³-hybridized carbons (Fsp3) is 0.857. The third-order valence-corrected chi connectivity index (χ3v) is 2.45. The summed E-state index contributed by atoms with van der Waals surface area (Å²) < 4.78 is 0. The second-order valence-corrected chi connectivity index (χ2v) is 4.00. The lowest BCUT2D eigenvalue weighted by molar-refractivity contribution is -0.482. The summed E-state index contributed by atoms with van der Waals surface area (Å²) in [6.07, 6.45) is 3.44. The van der Waals surface area contributed by atoms with E-state index in [0.717, 1.165) is 5.33 Å². The van der Waals surface area contributed by atoms with Crippen molar-refractivity contribution in [3.05, 3.63) is 0 Å². The molecular formula is C7H13BrIN. The maximum Gasteiger partial charge on any atom is 0.161 e. The molecule has 10 heavy (non-hydrogen) atoms. The number of alkyl halides is 1. The summed E-state index contributed by atoms with van der Waals surface area (Å²) in [7, 11) is 0. The van der Waals surface area contributed by atoms with Gasteiger partial charge in [0, 0.05) is 11.8 Å². The lowest BCUT2D eigenvalue weighted by atomic mass is 9.91. The van der Waals surface area contributed by atoms with Gasteiger partial charge in [0.15, 0.2) is 6.04 Å². The second kappa shape index (κ2) is 4.04. The van der Waals surface area contributed by atoms with E-state index in [1.807, 2.05) is 0 Å². The molecule has 0 saturated carbocycles. The van der Waals surface area contributed by atoms with E-state index in [2.05, 4.69) is 41.0 Å². The van der Waals surface area contributed by atoms with Crippen LogP contribution in [0.3, 0.4) is 0 Å². The molecule has 0 aliphatic carbocycles. The molecule has 0 aromatic carbocycles. The summed E-state index contributed by atoms with van der Waals surface area (Å²) >= 11 is 3.45. The SMILES string of the molecule is CC1(C)C=[NH+]C(CBr)C1.[I-]. The van der Waals surface area contributed by atoms with Crippen molar-refractivity contribution in [1.82, 2.24) is 0 Å². The van der Waals surface area contributed by atoms with Crippen LogP contribution in [-0.2, 0) is 0 Å². The molecule has 3 heteroatoms. The summed E-state index contributed by atoms with van der Waals surface area (Å²) in [6.45, 7) is 4.51. The van der Waals surface area contributed by atoms with E-state index >= 15 is 0 Å². The van der Waals surface area contributed by atoms with Crippen LogP contribution in [0, 0.1) is 5.41 Å². The van der Waals surface area contributed by atoms with Crippen molar-refractivity contribution in [2.24, 2.45) is 5.41 Å². The van der Waals surface area contributed by atoms with Crippen LogP contribution in [0.1, 0.15) is 20.3 Å². The predicted octanol–water partition coefficient (Wildman–Crippen LogP) is -2.66. The minimum Gasteiger partial charge on any atom is -1.00 e. The zero-order chi connectivity index (χ0) is 6.91. The average Bonchev–Trinajstić information content (AvgIpc) is 2.10. The van der Waals surface area contributed by atoms with Crippen LogP contribution in [0.25, 0.3) is 0 Å². The number of hydrogen-bond donors (Lipinski definition) is 1. The molecule has 0 spiro atoms. The van der Waals surface area contributed by atoms with Gasteiger partial charge in [0.2, 0.25) is 0 Å². The topological polar surface area (TPSA) is 14.0 Å². The van der Waals surface area contributed by atoms with Crippen LogP contribution >= 0.6 is 15.9 Å². The molecule has 1 rings (SSSR count). The first kappa shape index (κ1) is 10.9. The van der Waals surface area contributed by atoms with E-state index < -0.39 is 0 Å². The Hall–Kier alpha value is 0.880. The zero-order valence-electron chi connectivity index (χ0n) is 6.32. The number of nitrogens with one attached hydrogen (secondary N) is 1. The molecule has 1 atom stereocenters. The third-order valence-electron chi connectivity index (χ3n) is 1.67. The number of hydrogen-bond acceptors (Lipinski definition) is 0. The summed E-state index contributed by atoms with van der Waals surface area (Å²) in [5.74, 6) is 0. The molecule has 1 aliphatic rings. The molecule has 60 valence electrons. The van der Waals surface area contributed by atoms with Crippen molar-refractivity contribution in [1.29, 1.82) is 0 Å². The van der Waals surface area contributed by atoms with Gasteiger partial charge in [-0.15, -0.1) is 0 Å². The van der Waals surface area contributed by atoms with Gasteiger partial charge in [-0.1, -0.05) is 29.8 Å². The molecule has 1 N–H and O–H groups in total. The molecule has 1 nitrogen and oxygen atoms in total. The monoisotopic (exact) mass is 317 g/mol. The quantitative estimate of drug-likeness (QED) is 0.401. The van der Waals surface area contributed by atoms with Gasteiger partial charge < -0.3 is 24.0 Å². The van der Waals surface area contributed by atoms with Crippen LogP contribution in [0.4, 0.5) is 0 Å². The van der Waals surface area contributed by atoms with Crippen LogP contribution in [0.5, 0.6) is 0 Å². The molecule has 0 radical (unpaired) electrons. The molecule has 1 heterocycles. The maximum absolute atomic E-state index is 3.45. The van der Waals surface area contributed by atoms with E-state index in [1.54, 1.807) is 0 Å². The van der Waals surface area contributed by atoms with E-state index in [0.29, 0.717) is 11.5 Å². The Morgan fingerprint density at radius 2 is 2.30 bits per heavy atom. The fourth-order valence-corrected chi connectivity index (χ4v) is 1.61. The highest BCUT2D eigenvalue weighted by Gasteiger charge is 2.31. The zero-order valence-corrected chi connectivity index (χ0v) is 10.1. The van der Waals surface area contributed by atoms with Gasteiger partial charge in [-0.25, -0.2) is 4.99 Å². The van der Waals surface area contributed by atoms with Crippen molar-refractivity contribution in [3.63, 3.8) is 0 Å². The summed E-state index contributed by atoms with van der Waals surface area (Å²) in [5, 5.41) is 1.06. The van der Waals surface area contributed by atoms with E-state index in [4.69, 9.17) is 0 Å². The van der Waals surface area contributed by atoms with E-state index in [-0.39, 0.29) is 24.0 Å². The minimum atomic E-state index is 0. The molecule has 0 aromatic heterocycles. The van der Waals surface area contributed by atoms with E-state index in [9.17, 15) is 0 Å². The Morgan fingerprint density at radius 1 is 1.70 bits per heavy atom. The van der Waals surface area contributed by atoms with Crippen LogP contribution in [0.15, 0.2) is 0 Å². The van der Waals surface area contributed by atoms with Gasteiger partial charge in [-0.05, 0) is 0 Å². The molecule has 1 aliphatic heterocycles. The number of rotatable bonds is 1. The van der Waals surface area contributed by atoms with Gasteiger partial charge in [-0.3, -0.25) is 0 Å². The molecular weight excluding hydrogens is 305 g/mol. The van der Waals surface area contributed by atoms with Gasteiger partial charge in [-0.2, -0.15) is 0 Å². The van der Waals surface area contributed by atoms with Crippen molar-refractivity contribution >= 4 is 22.1 Å². The van der Waals surface area contributed by atoms with Crippen LogP contribution in [-0.4, -0.2) is 17.6 Å². The van der Waals surface area contributed by atoms with Crippen molar-refractivity contribution in [2.45, 2.75) is 26.3 Å². The third kappa shape index (κ3) is 2.86. The normalized spacial score (nSPS) is 28.1. The number of halogens is 2. The Kier molecular flexibility index (Phi) is 4.40. The Bertz CT molecular complexity index is 134. The lowest BCUT2D eigenvalue weighted by Gasteiger charge is -2.07. The Balaban J connectivity index is 0.000000810. The van der Waals surface area contributed by atoms with Gasteiger partial charge in [0.05, 0.1) is 5.33 Å². The first-order chi connectivity index (χ1) is 4.14. The highest BCUT2D eigenvalue weighted by molar-refractivity contribution is 9.09. The maximum atomic E-state index is 3.45. The van der Waals surface area contributed by atoms with Gasteiger partial charge in [0.1, 0.15) is 6.21 Å². The molecule has 0 amide bonds. The van der Waals surface area contributed by atoms with Crippen molar-refractivity contribution in [3.8, 4) is 0 Å². The Labute approximate surface area is 87.8 Å². The molecule has 0 aromatic rings. The van der Waals surface area contributed by atoms with Crippen LogP contribution in [0.2, 0.25) is 0 Å². The fourth-order valence-electron chi connectivity index (χ4n) is 1.20. The summed E-state index contributed by atoms with van der Waals surface area (Å²) in [4.78, 5) is 3.32. The standard InChI is InChI=1S/C7H12BrN.HI/c1-7(2)3-6(4-8)9-5-7;/h5-6H,3-4H2,1-2H3;1H. The Morgan fingerprint density at radius 3 is 2.50 bits per heavy atom. The van der Waals surface area contributed by atoms with Gasteiger partial charge in [0.25, 0.3) is 0 Å². The van der Waals surface area contributed by atoms with Crippen molar-refractivity contribution in [2.75, 3.05) is 5.33 Å². The van der Waals surface area contributed by atoms with Crippen LogP contribution < -0.4 is 29.0 Å². The first-order valence-electron chi connectivity index (χ1n) is 3.30. The average molecular weight is 318 g/mol. The molecule has 0 saturated heterocycles. The first-order valence-corrected chi connectivity index (χ1v) is 4.42. The second-order valence-electron chi connectivity index (χ2n) is 3.35. The van der Waals surface area contributed by atoms with E-state index in [1.165, 1.54) is 6.42 Å². The smallest absolute Gasteiger partial charge is 0.161 e. The predicted molar refractivity (Wildman–Crippen MR) is 43.0 cm³/mol. The largest absolute Gasteiger partial charge is 1.00 e. The summed E-state index contributed by atoms with van der Waals surface area (Å²) in [5.41, 5.74) is 0.401. The minimum absolute atomic E-state index is 0. The molecule has 0 fully saturated rings. The summed E-state index contributed by atoms with van der Waals surface area (Å²) in [6, 6.07) is 0.653. The highest BCUT2D eigenvalue weighted by atomic mass is 127. The molecule has 1 unspecified atom stereocenters. The van der Waals surface area contributed by atoms with Gasteiger partial charge >= 0.3 is 0 Å². The highest BCUT2D eigenvalue weighted by Crippen LogP contribution is 2.20. The molecule has 0 bridgehead atoms. The van der Waals surface area contributed by atoms with Crippen molar-refractivity contribution < 1.29 is 29.0 Å².